The number of morpholine rings is 1. The van der Waals surface area contributed by atoms with Gasteiger partial charge in [-0.05, 0) is 31.3 Å². The Bertz CT molecular complexity index is 964. The third kappa shape index (κ3) is 3.74. The Kier molecular flexibility index (Phi) is 4.91. The van der Waals surface area contributed by atoms with E-state index < -0.39 is 0 Å². The van der Waals surface area contributed by atoms with Gasteiger partial charge >= 0.3 is 0 Å². The quantitative estimate of drug-likeness (QED) is 0.631. The molecule has 0 aliphatic carbocycles. The third-order valence-corrected chi connectivity index (χ3v) is 4.39. The van der Waals surface area contributed by atoms with E-state index in [0.717, 1.165) is 37.2 Å². The number of benzene rings is 1. The molecule has 136 valence electrons. The number of nitrogens with zero attached hydrogens (tertiary/aromatic N) is 5. The fourth-order valence-electron chi connectivity index (χ4n) is 2.83. The highest BCUT2D eigenvalue weighted by molar-refractivity contribution is 7.71. The van der Waals surface area contributed by atoms with E-state index in [1.165, 1.54) is 0 Å². The van der Waals surface area contributed by atoms with Gasteiger partial charge in [-0.3, -0.25) is 4.90 Å². The van der Waals surface area contributed by atoms with E-state index in [9.17, 15) is 0 Å². The topological polar surface area (TPSA) is 78.4 Å². The first-order valence-electron chi connectivity index (χ1n) is 8.42. The lowest BCUT2D eigenvalue weighted by molar-refractivity contribution is 0.0206. The van der Waals surface area contributed by atoms with Gasteiger partial charge in [0.2, 0.25) is 5.88 Å². The van der Waals surface area contributed by atoms with Gasteiger partial charge < -0.3 is 13.9 Å². The molecular weight excluding hydrogens is 354 g/mol. The summed E-state index contributed by atoms with van der Waals surface area (Å²) in [7, 11) is 0. The molecule has 0 saturated carbocycles. The van der Waals surface area contributed by atoms with E-state index in [-0.39, 0.29) is 6.61 Å². The summed E-state index contributed by atoms with van der Waals surface area (Å²) in [5.74, 6) is 1.58. The number of hydrogen-bond acceptors (Lipinski definition) is 8. The second-order valence-electron chi connectivity index (χ2n) is 6.01. The molecule has 0 amide bonds. The number of para-hydroxylation sites is 1. The minimum atomic E-state index is 0.153. The largest absolute Gasteiger partial charge is 0.467 e. The number of fused-ring (bicyclic) bond motifs is 1. The van der Waals surface area contributed by atoms with Gasteiger partial charge in [0, 0.05) is 13.1 Å². The second kappa shape index (κ2) is 7.48. The monoisotopic (exact) mass is 373 g/mol. The van der Waals surface area contributed by atoms with Crippen LogP contribution in [0.3, 0.4) is 0 Å². The van der Waals surface area contributed by atoms with E-state index >= 15 is 0 Å². The van der Waals surface area contributed by atoms with Gasteiger partial charge in [-0.15, -0.1) is 5.10 Å². The zero-order chi connectivity index (χ0) is 17.9. The van der Waals surface area contributed by atoms with Crippen molar-refractivity contribution in [1.82, 2.24) is 24.6 Å². The van der Waals surface area contributed by atoms with Crippen LogP contribution in [0.4, 0.5) is 0 Å². The lowest BCUT2D eigenvalue weighted by Crippen LogP contribution is -2.37. The highest BCUT2D eigenvalue weighted by atomic mass is 32.1. The summed E-state index contributed by atoms with van der Waals surface area (Å²) in [6.07, 6.45) is 0. The van der Waals surface area contributed by atoms with Crippen LogP contribution in [0.5, 0.6) is 5.88 Å². The minimum absolute atomic E-state index is 0.153. The van der Waals surface area contributed by atoms with Crippen LogP contribution in [-0.4, -0.2) is 51.0 Å². The van der Waals surface area contributed by atoms with Crippen LogP contribution in [0.25, 0.3) is 10.9 Å². The van der Waals surface area contributed by atoms with Crippen LogP contribution >= 0.6 is 12.2 Å². The Hall–Kier alpha value is -2.36. The summed E-state index contributed by atoms with van der Waals surface area (Å²) in [6.45, 7) is 5.73. The average molecular weight is 373 g/mol. The Morgan fingerprint density at radius 1 is 1.19 bits per heavy atom. The van der Waals surface area contributed by atoms with Gasteiger partial charge in [-0.25, -0.2) is 9.67 Å². The fraction of sp³-hybridized carbons (Fsp3) is 0.412. The summed E-state index contributed by atoms with van der Waals surface area (Å²) in [6, 6.07) is 7.72. The predicted octanol–water partition coefficient (Wildman–Crippen LogP) is 2.33. The van der Waals surface area contributed by atoms with E-state index in [0.29, 0.717) is 29.1 Å². The smallest absolute Gasteiger partial charge is 0.288 e. The van der Waals surface area contributed by atoms with Crippen molar-refractivity contribution in [2.45, 2.75) is 20.2 Å². The van der Waals surface area contributed by atoms with Gasteiger partial charge in [0.1, 0.15) is 5.82 Å². The van der Waals surface area contributed by atoms with Crippen molar-refractivity contribution in [2.24, 2.45) is 0 Å². The molecular formula is C17H19N5O3S. The molecule has 3 aromatic rings. The standard InChI is InChI=1S/C17H19N5O3S/c1-12-18-14-5-3-2-4-13(14)16(19-12)24-10-15-20-22(17(26)25-15)11-21-6-8-23-9-7-21/h2-5H,6-11H2,1H3. The number of aryl methyl sites for hydroxylation is 1. The molecule has 2 aromatic heterocycles. The maximum Gasteiger partial charge on any atom is 0.288 e. The first-order valence-corrected chi connectivity index (χ1v) is 8.83. The van der Waals surface area contributed by atoms with Crippen molar-refractivity contribution in [3.63, 3.8) is 0 Å². The highest BCUT2D eigenvalue weighted by Crippen LogP contribution is 2.22. The van der Waals surface area contributed by atoms with Gasteiger partial charge in [0.15, 0.2) is 6.61 Å². The molecule has 8 nitrogen and oxygen atoms in total. The molecule has 3 heterocycles. The molecule has 4 rings (SSSR count). The average Bonchev–Trinajstić information content (AvgIpc) is 3.00. The summed E-state index contributed by atoms with van der Waals surface area (Å²) in [4.78, 5) is 11.3. The van der Waals surface area contributed by atoms with Crippen molar-refractivity contribution >= 4 is 23.1 Å². The molecule has 0 atom stereocenters. The molecule has 0 bridgehead atoms. The van der Waals surface area contributed by atoms with Crippen LogP contribution in [0.2, 0.25) is 0 Å². The fourth-order valence-corrected chi connectivity index (χ4v) is 3.02. The Morgan fingerprint density at radius 2 is 2.00 bits per heavy atom. The lowest BCUT2D eigenvalue weighted by Gasteiger charge is -2.25. The van der Waals surface area contributed by atoms with Crippen molar-refractivity contribution in [2.75, 3.05) is 26.3 Å². The Morgan fingerprint density at radius 3 is 2.85 bits per heavy atom. The third-order valence-electron chi connectivity index (χ3n) is 4.10. The Balaban J connectivity index is 1.48. The molecule has 26 heavy (non-hydrogen) atoms. The number of aromatic nitrogens is 4. The van der Waals surface area contributed by atoms with Crippen LogP contribution < -0.4 is 4.74 Å². The van der Waals surface area contributed by atoms with Crippen LogP contribution in [-0.2, 0) is 18.0 Å². The summed E-state index contributed by atoms with van der Waals surface area (Å²) in [5.41, 5.74) is 0.841. The van der Waals surface area contributed by atoms with Crippen LogP contribution in [0.1, 0.15) is 11.7 Å². The highest BCUT2D eigenvalue weighted by Gasteiger charge is 2.14. The van der Waals surface area contributed by atoms with E-state index in [4.69, 9.17) is 26.1 Å². The normalized spacial score (nSPS) is 15.4. The molecule has 1 fully saturated rings. The molecule has 0 radical (unpaired) electrons. The molecule has 0 unspecified atom stereocenters. The molecule has 1 aromatic carbocycles. The zero-order valence-electron chi connectivity index (χ0n) is 14.4. The molecule has 0 N–H and O–H groups in total. The summed E-state index contributed by atoms with van der Waals surface area (Å²) >= 11 is 5.26. The van der Waals surface area contributed by atoms with Crippen LogP contribution in [0, 0.1) is 11.8 Å². The molecule has 1 aliphatic rings. The first kappa shape index (κ1) is 17.1. The SMILES string of the molecule is Cc1nc(OCc2nn(CN3CCOCC3)c(=S)o2)c2ccccc2n1. The molecule has 1 aliphatic heterocycles. The minimum Gasteiger partial charge on any atom is -0.467 e. The number of rotatable bonds is 5. The number of hydrogen-bond donors (Lipinski definition) is 0. The number of ether oxygens (including phenoxy) is 2. The first-order chi connectivity index (χ1) is 12.7. The van der Waals surface area contributed by atoms with E-state index in [1.807, 2.05) is 31.2 Å². The maximum atomic E-state index is 5.84. The van der Waals surface area contributed by atoms with Gasteiger partial charge in [-0.2, -0.15) is 4.98 Å². The van der Waals surface area contributed by atoms with E-state index in [2.05, 4.69) is 20.0 Å². The molecule has 9 heteroatoms. The molecule has 0 spiro atoms. The molecule has 1 saturated heterocycles. The van der Waals surface area contributed by atoms with Crippen molar-refractivity contribution in [1.29, 1.82) is 0 Å². The van der Waals surface area contributed by atoms with Gasteiger partial charge in [0.25, 0.3) is 10.7 Å². The zero-order valence-corrected chi connectivity index (χ0v) is 15.2. The lowest BCUT2D eigenvalue weighted by atomic mass is 10.2. The summed E-state index contributed by atoms with van der Waals surface area (Å²) in [5, 5.41) is 5.27. The van der Waals surface area contributed by atoms with Crippen molar-refractivity contribution in [3.8, 4) is 5.88 Å². The predicted molar refractivity (Wildman–Crippen MR) is 96.3 cm³/mol. The van der Waals surface area contributed by atoms with E-state index in [1.54, 1.807) is 4.68 Å². The summed E-state index contributed by atoms with van der Waals surface area (Å²) < 4.78 is 18.4. The Labute approximate surface area is 155 Å². The maximum absolute atomic E-state index is 5.84. The van der Waals surface area contributed by atoms with Gasteiger partial charge in [-0.1, -0.05) is 12.1 Å². The van der Waals surface area contributed by atoms with Gasteiger partial charge in [0.05, 0.1) is 30.8 Å². The van der Waals surface area contributed by atoms with Crippen molar-refractivity contribution < 1.29 is 13.9 Å². The van der Waals surface area contributed by atoms with Crippen molar-refractivity contribution in [3.05, 3.63) is 40.8 Å². The van der Waals surface area contributed by atoms with Crippen LogP contribution in [0.15, 0.2) is 28.7 Å². The second-order valence-corrected chi connectivity index (χ2v) is 6.36.